The molecule has 1 aromatic carbocycles. The second-order valence-electron chi connectivity index (χ2n) is 6.56. The number of nitrogens with two attached hydrogens (primary N) is 1. The lowest BCUT2D eigenvalue weighted by Crippen LogP contribution is -2.57. The molecule has 0 aromatic heterocycles. The van der Waals surface area contributed by atoms with E-state index in [4.69, 9.17) is 5.73 Å². The molecule has 25 heavy (non-hydrogen) atoms. The summed E-state index contributed by atoms with van der Waals surface area (Å²) in [5.74, 6) is 0.641. The number of likely N-dealkylation sites (tertiary alicyclic amines) is 2. The molecule has 2 amide bonds. The van der Waals surface area contributed by atoms with Crippen molar-refractivity contribution < 1.29 is 9.59 Å². The Balaban J connectivity index is 0.00000225. The summed E-state index contributed by atoms with van der Waals surface area (Å²) >= 11 is 0. The van der Waals surface area contributed by atoms with Crippen LogP contribution in [0.4, 0.5) is 0 Å². The van der Waals surface area contributed by atoms with E-state index in [1.807, 2.05) is 46.2 Å². The maximum absolute atomic E-state index is 12.5. The zero-order chi connectivity index (χ0) is 16.9. The Bertz CT molecular complexity index is 620. The fourth-order valence-electron chi connectivity index (χ4n) is 3.82. The minimum Gasteiger partial charge on any atom is -0.339 e. The number of nitrogens with zero attached hydrogens (tertiary/aromatic N) is 2. The highest BCUT2D eigenvalue weighted by molar-refractivity contribution is 5.92. The topological polar surface area (TPSA) is 66.6 Å². The number of rotatable bonds is 4. The summed E-state index contributed by atoms with van der Waals surface area (Å²) in [7, 11) is 0. The van der Waals surface area contributed by atoms with Crippen LogP contribution >= 0.6 is 12.4 Å². The Morgan fingerprint density at radius 3 is 2.72 bits per heavy atom. The highest BCUT2D eigenvalue weighted by Crippen LogP contribution is 2.31. The summed E-state index contributed by atoms with van der Waals surface area (Å²) in [5.41, 5.74) is 6.67. The van der Waals surface area contributed by atoms with E-state index >= 15 is 0 Å². The zero-order valence-corrected chi connectivity index (χ0v) is 15.2. The van der Waals surface area contributed by atoms with Crippen LogP contribution in [0.25, 0.3) is 6.08 Å². The molecule has 5 nitrogen and oxygen atoms in total. The van der Waals surface area contributed by atoms with Crippen LogP contribution in [0, 0.1) is 5.92 Å². The Morgan fingerprint density at radius 2 is 2.00 bits per heavy atom. The lowest BCUT2D eigenvalue weighted by molar-refractivity contribution is -0.142. The molecule has 0 bridgehead atoms. The fourth-order valence-corrected chi connectivity index (χ4v) is 3.82. The highest BCUT2D eigenvalue weighted by atomic mass is 35.5. The van der Waals surface area contributed by atoms with Crippen LogP contribution in [0.3, 0.4) is 0 Å². The van der Waals surface area contributed by atoms with Gasteiger partial charge in [-0.3, -0.25) is 9.59 Å². The minimum absolute atomic E-state index is 0. The molecule has 2 saturated heterocycles. The summed E-state index contributed by atoms with van der Waals surface area (Å²) in [6, 6.07) is 10.1. The normalized spacial score (nSPS) is 23.3. The van der Waals surface area contributed by atoms with Gasteiger partial charge in [-0.1, -0.05) is 30.3 Å². The van der Waals surface area contributed by atoms with E-state index in [0.29, 0.717) is 32.0 Å². The summed E-state index contributed by atoms with van der Waals surface area (Å²) in [5, 5.41) is 0. The molecule has 2 aliphatic rings. The average Bonchev–Trinajstić information content (AvgIpc) is 2.62. The standard InChI is InChI=1S/C19H25N3O2.ClH/c20-11-13-22-17-10-12-21(14-16(17)7-9-19(22)24)18(23)8-6-15-4-2-1-3-5-15;/h1-6,8,16-17H,7,9-14,20H2;1H/t16-,17+;/m0./s1. The second kappa shape index (κ2) is 9.02. The van der Waals surface area contributed by atoms with Crippen molar-refractivity contribution in [2.24, 2.45) is 11.7 Å². The summed E-state index contributed by atoms with van der Waals surface area (Å²) < 4.78 is 0. The van der Waals surface area contributed by atoms with E-state index in [2.05, 4.69) is 0 Å². The highest BCUT2D eigenvalue weighted by Gasteiger charge is 2.39. The molecule has 1 aromatic rings. The average molecular weight is 364 g/mol. The SMILES string of the molecule is Cl.NCCN1C(=O)CC[C@H]2CN(C(=O)C=Cc3ccccc3)CC[C@H]21. The molecule has 2 atom stereocenters. The molecule has 136 valence electrons. The minimum atomic E-state index is 0. The van der Waals surface area contributed by atoms with E-state index < -0.39 is 0 Å². The number of carbonyl (C=O) groups excluding carboxylic acids is 2. The lowest BCUT2D eigenvalue weighted by atomic mass is 9.83. The van der Waals surface area contributed by atoms with Gasteiger partial charge in [0, 0.05) is 44.7 Å². The number of benzene rings is 1. The Kier molecular flexibility index (Phi) is 7.02. The van der Waals surface area contributed by atoms with E-state index in [-0.39, 0.29) is 30.3 Å². The smallest absolute Gasteiger partial charge is 0.246 e. The molecule has 0 radical (unpaired) electrons. The van der Waals surface area contributed by atoms with Gasteiger partial charge in [-0.15, -0.1) is 12.4 Å². The Morgan fingerprint density at radius 1 is 1.24 bits per heavy atom. The molecule has 2 aliphatic heterocycles. The fraction of sp³-hybridized carbons (Fsp3) is 0.474. The molecule has 6 heteroatoms. The van der Waals surface area contributed by atoms with Gasteiger partial charge in [-0.25, -0.2) is 0 Å². The second-order valence-corrected chi connectivity index (χ2v) is 6.56. The molecule has 0 saturated carbocycles. The van der Waals surface area contributed by atoms with Gasteiger partial charge in [0.25, 0.3) is 0 Å². The van der Waals surface area contributed by atoms with Crippen molar-refractivity contribution >= 4 is 30.3 Å². The predicted octanol–water partition coefficient (Wildman–Crippen LogP) is 1.92. The first-order valence-corrected chi connectivity index (χ1v) is 8.70. The largest absolute Gasteiger partial charge is 0.339 e. The number of halogens is 1. The summed E-state index contributed by atoms with van der Waals surface area (Å²) in [4.78, 5) is 28.4. The van der Waals surface area contributed by atoms with Crippen molar-refractivity contribution in [1.29, 1.82) is 0 Å². The molecule has 0 spiro atoms. The van der Waals surface area contributed by atoms with Crippen LogP contribution in [0.2, 0.25) is 0 Å². The maximum atomic E-state index is 12.5. The van der Waals surface area contributed by atoms with Crippen molar-refractivity contribution in [3.05, 3.63) is 42.0 Å². The number of piperidine rings is 2. The molecule has 0 unspecified atom stereocenters. The maximum Gasteiger partial charge on any atom is 0.246 e. The number of hydrogen-bond donors (Lipinski definition) is 1. The van der Waals surface area contributed by atoms with Crippen molar-refractivity contribution in [1.82, 2.24) is 9.80 Å². The van der Waals surface area contributed by atoms with E-state index in [0.717, 1.165) is 24.9 Å². The molecule has 2 N–H and O–H groups in total. The third-order valence-corrected chi connectivity index (χ3v) is 5.04. The third kappa shape index (κ3) is 4.61. The van der Waals surface area contributed by atoms with Gasteiger partial charge in [0.05, 0.1) is 0 Å². The van der Waals surface area contributed by atoms with Crippen LogP contribution in [0.15, 0.2) is 36.4 Å². The molecule has 3 rings (SSSR count). The molecule has 2 heterocycles. The molecular formula is C19H26ClN3O2. The van der Waals surface area contributed by atoms with Crippen LogP contribution in [0.5, 0.6) is 0 Å². The number of fused-ring (bicyclic) bond motifs is 1. The number of hydrogen-bond acceptors (Lipinski definition) is 3. The summed E-state index contributed by atoms with van der Waals surface area (Å²) in [6.07, 6.45) is 5.81. The van der Waals surface area contributed by atoms with Gasteiger partial charge in [-0.05, 0) is 30.4 Å². The summed E-state index contributed by atoms with van der Waals surface area (Å²) in [6.45, 7) is 2.56. The van der Waals surface area contributed by atoms with Crippen LogP contribution in [-0.2, 0) is 9.59 Å². The quantitative estimate of drug-likeness (QED) is 0.831. The number of amides is 2. The van der Waals surface area contributed by atoms with E-state index in [1.54, 1.807) is 6.08 Å². The van der Waals surface area contributed by atoms with Crippen molar-refractivity contribution in [2.45, 2.75) is 25.3 Å². The van der Waals surface area contributed by atoms with Crippen molar-refractivity contribution in [3.63, 3.8) is 0 Å². The van der Waals surface area contributed by atoms with Crippen LogP contribution < -0.4 is 5.73 Å². The monoisotopic (exact) mass is 363 g/mol. The molecular weight excluding hydrogens is 338 g/mol. The number of carbonyl (C=O) groups is 2. The van der Waals surface area contributed by atoms with E-state index in [9.17, 15) is 9.59 Å². The van der Waals surface area contributed by atoms with Gasteiger partial charge >= 0.3 is 0 Å². The lowest BCUT2D eigenvalue weighted by Gasteiger charge is -2.46. The zero-order valence-electron chi connectivity index (χ0n) is 14.3. The van der Waals surface area contributed by atoms with Gasteiger partial charge in [0.1, 0.15) is 0 Å². The van der Waals surface area contributed by atoms with Gasteiger partial charge < -0.3 is 15.5 Å². The first-order valence-electron chi connectivity index (χ1n) is 8.70. The van der Waals surface area contributed by atoms with Gasteiger partial charge in [-0.2, -0.15) is 0 Å². The van der Waals surface area contributed by atoms with Crippen molar-refractivity contribution in [2.75, 3.05) is 26.2 Å². The van der Waals surface area contributed by atoms with E-state index in [1.165, 1.54) is 0 Å². The molecule has 2 fully saturated rings. The van der Waals surface area contributed by atoms with Crippen LogP contribution in [0.1, 0.15) is 24.8 Å². The van der Waals surface area contributed by atoms with Gasteiger partial charge in [0.15, 0.2) is 0 Å². The molecule has 0 aliphatic carbocycles. The first-order chi connectivity index (χ1) is 11.7. The third-order valence-electron chi connectivity index (χ3n) is 5.04. The Hall–Kier alpha value is -1.85. The Labute approximate surface area is 155 Å². The van der Waals surface area contributed by atoms with Crippen molar-refractivity contribution in [3.8, 4) is 0 Å². The predicted molar refractivity (Wildman–Crippen MR) is 101 cm³/mol. The van der Waals surface area contributed by atoms with Crippen LogP contribution in [-0.4, -0.2) is 53.8 Å². The van der Waals surface area contributed by atoms with Gasteiger partial charge in [0.2, 0.25) is 11.8 Å². The first kappa shape index (κ1) is 19.5.